The molecule has 3 aromatic rings. The molecule has 7 heteroatoms. The maximum atomic E-state index is 5.90. The SMILES string of the molecule is CCc1ccc(NC(N)=NCCc2noc(-c3ccccn3)n2)cc1. The third kappa shape index (κ3) is 4.63. The van der Waals surface area contributed by atoms with Gasteiger partial charge >= 0.3 is 0 Å². The van der Waals surface area contributed by atoms with Gasteiger partial charge in [0.15, 0.2) is 11.8 Å². The van der Waals surface area contributed by atoms with Gasteiger partial charge in [-0.15, -0.1) is 0 Å². The van der Waals surface area contributed by atoms with Crippen molar-refractivity contribution in [3.63, 3.8) is 0 Å². The highest BCUT2D eigenvalue weighted by molar-refractivity contribution is 5.92. The highest BCUT2D eigenvalue weighted by Crippen LogP contribution is 2.13. The van der Waals surface area contributed by atoms with Crippen LogP contribution in [0.2, 0.25) is 0 Å². The first-order chi connectivity index (χ1) is 12.2. The topological polar surface area (TPSA) is 102 Å². The normalized spacial score (nSPS) is 11.5. The van der Waals surface area contributed by atoms with E-state index in [2.05, 4.69) is 44.5 Å². The minimum absolute atomic E-state index is 0.359. The molecule has 0 saturated heterocycles. The molecule has 2 aromatic heterocycles. The number of rotatable bonds is 6. The van der Waals surface area contributed by atoms with Gasteiger partial charge in [0, 0.05) is 24.8 Å². The average molecular weight is 336 g/mol. The van der Waals surface area contributed by atoms with Crippen LogP contribution in [-0.4, -0.2) is 27.6 Å². The van der Waals surface area contributed by atoms with E-state index in [4.69, 9.17) is 10.3 Å². The van der Waals surface area contributed by atoms with Crippen molar-refractivity contribution < 1.29 is 4.52 Å². The molecule has 0 fully saturated rings. The molecule has 0 aliphatic carbocycles. The van der Waals surface area contributed by atoms with E-state index in [1.165, 1.54) is 5.56 Å². The summed E-state index contributed by atoms with van der Waals surface area (Å²) in [6.45, 7) is 2.59. The van der Waals surface area contributed by atoms with Gasteiger partial charge in [0.05, 0.1) is 0 Å². The Balaban J connectivity index is 1.53. The van der Waals surface area contributed by atoms with E-state index in [0.717, 1.165) is 12.1 Å². The Kier molecular flexibility index (Phi) is 5.36. The highest BCUT2D eigenvalue weighted by Gasteiger charge is 2.09. The molecular weight excluding hydrogens is 316 g/mol. The minimum atomic E-state index is 0.359. The van der Waals surface area contributed by atoms with Crippen molar-refractivity contribution in [3.05, 3.63) is 60.0 Å². The fourth-order valence-corrected chi connectivity index (χ4v) is 2.24. The maximum absolute atomic E-state index is 5.90. The smallest absolute Gasteiger partial charge is 0.276 e. The van der Waals surface area contributed by atoms with E-state index in [1.807, 2.05) is 30.3 Å². The minimum Gasteiger partial charge on any atom is -0.370 e. The number of aromatic nitrogens is 3. The van der Waals surface area contributed by atoms with E-state index in [0.29, 0.717) is 36.3 Å². The highest BCUT2D eigenvalue weighted by atomic mass is 16.5. The molecule has 3 rings (SSSR count). The zero-order valence-electron chi connectivity index (χ0n) is 14.0. The number of anilines is 1. The van der Waals surface area contributed by atoms with Crippen LogP contribution in [-0.2, 0) is 12.8 Å². The van der Waals surface area contributed by atoms with E-state index in [-0.39, 0.29) is 0 Å². The van der Waals surface area contributed by atoms with Gasteiger partial charge in [-0.25, -0.2) is 0 Å². The zero-order valence-corrected chi connectivity index (χ0v) is 14.0. The summed E-state index contributed by atoms with van der Waals surface area (Å²) in [5, 5.41) is 7.00. The number of nitrogens with two attached hydrogens (primary N) is 1. The summed E-state index contributed by atoms with van der Waals surface area (Å²) in [6.07, 6.45) is 3.23. The molecule has 0 unspecified atom stereocenters. The molecule has 0 saturated carbocycles. The molecule has 7 nitrogen and oxygen atoms in total. The average Bonchev–Trinajstić information content (AvgIpc) is 3.12. The Morgan fingerprint density at radius 3 is 2.76 bits per heavy atom. The molecule has 128 valence electrons. The fraction of sp³-hybridized carbons (Fsp3) is 0.222. The number of nitrogens with zero attached hydrogens (tertiary/aromatic N) is 4. The van der Waals surface area contributed by atoms with Crippen LogP contribution in [0, 0.1) is 0 Å². The number of hydrogen-bond donors (Lipinski definition) is 2. The summed E-state index contributed by atoms with van der Waals surface area (Å²) in [5.41, 5.74) is 8.75. The Labute approximate surface area is 146 Å². The summed E-state index contributed by atoms with van der Waals surface area (Å²) in [5.74, 6) is 1.34. The first kappa shape index (κ1) is 16.6. The molecular formula is C18H20N6O. The van der Waals surface area contributed by atoms with Gasteiger partial charge in [-0.05, 0) is 36.2 Å². The van der Waals surface area contributed by atoms with Crippen LogP contribution in [0.4, 0.5) is 5.69 Å². The van der Waals surface area contributed by atoms with Crippen molar-refractivity contribution in [1.82, 2.24) is 15.1 Å². The third-order valence-corrected chi connectivity index (χ3v) is 3.60. The van der Waals surface area contributed by atoms with Gasteiger partial charge in [-0.3, -0.25) is 9.98 Å². The number of aryl methyl sites for hydroxylation is 1. The molecule has 2 heterocycles. The number of guanidine groups is 1. The molecule has 25 heavy (non-hydrogen) atoms. The number of hydrogen-bond acceptors (Lipinski definition) is 5. The second kappa shape index (κ2) is 8.05. The van der Waals surface area contributed by atoms with Gasteiger partial charge in [0.2, 0.25) is 0 Å². The number of nitrogens with one attached hydrogen (secondary N) is 1. The van der Waals surface area contributed by atoms with E-state index >= 15 is 0 Å². The van der Waals surface area contributed by atoms with Crippen molar-refractivity contribution >= 4 is 11.6 Å². The summed E-state index contributed by atoms with van der Waals surface area (Å²) in [4.78, 5) is 12.8. The van der Waals surface area contributed by atoms with Crippen molar-refractivity contribution in [3.8, 4) is 11.6 Å². The Hall–Kier alpha value is -3.22. The zero-order chi connectivity index (χ0) is 17.5. The summed E-state index contributed by atoms with van der Waals surface area (Å²) in [7, 11) is 0. The van der Waals surface area contributed by atoms with Gasteiger partial charge in [-0.1, -0.05) is 30.3 Å². The van der Waals surface area contributed by atoms with Crippen LogP contribution in [0.15, 0.2) is 58.2 Å². The lowest BCUT2D eigenvalue weighted by Crippen LogP contribution is -2.23. The maximum Gasteiger partial charge on any atom is 0.276 e. The van der Waals surface area contributed by atoms with Crippen molar-refractivity contribution in [2.45, 2.75) is 19.8 Å². The molecule has 0 aliphatic rings. The van der Waals surface area contributed by atoms with E-state index < -0.39 is 0 Å². The van der Waals surface area contributed by atoms with E-state index in [9.17, 15) is 0 Å². The molecule has 0 spiro atoms. The van der Waals surface area contributed by atoms with Crippen LogP contribution >= 0.6 is 0 Å². The summed E-state index contributed by atoms with van der Waals surface area (Å²) in [6, 6.07) is 13.6. The molecule has 0 amide bonds. The first-order valence-electron chi connectivity index (χ1n) is 8.14. The van der Waals surface area contributed by atoms with Crippen LogP contribution in [0.5, 0.6) is 0 Å². The van der Waals surface area contributed by atoms with Gasteiger partial charge in [-0.2, -0.15) is 4.98 Å². The van der Waals surface area contributed by atoms with Crippen molar-refractivity contribution in [2.75, 3.05) is 11.9 Å². The number of pyridine rings is 1. The summed E-state index contributed by atoms with van der Waals surface area (Å²) < 4.78 is 5.21. The second-order valence-electron chi connectivity index (χ2n) is 5.42. The first-order valence-corrected chi connectivity index (χ1v) is 8.14. The van der Waals surface area contributed by atoms with Crippen LogP contribution in [0.3, 0.4) is 0 Å². The molecule has 3 N–H and O–H groups in total. The lowest BCUT2D eigenvalue weighted by molar-refractivity contribution is 0.421. The van der Waals surface area contributed by atoms with Crippen molar-refractivity contribution in [1.29, 1.82) is 0 Å². The molecule has 0 bridgehead atoms. The lowest BCUT2D eigenvalue weighted by Gasteiger charge is -2.06. The molecule has 0 radical (unpaired) electrons. The fourth-order valence-electron chi connectivity index (χ4n) is 2.24. The van der Waals surface area contributed by atoms with Crippen LogP contribution < -0.4 is 11.1 Å². The molecule has 0 aliphatic heterocycles. The Morgan fingerprint density at radius 1 is 1.20 bits per heavy atom. The van der Waals surface area contributed by atoms with Crippen LogP contribution in [0.1, 0.15) is 18.3 Å². The number of benzene rings is 1. The largest absolute Gasteiger partial charge is 0.370 e. The quantitative estimate of drug-likeness (QED) is 0.530. The molecule has 1 aromatic carbocycles. The third-order valence-electron chi connectivity index (χ3n) is 3.60. The van der Waals surface area contributed by atoms with Gasteiger partial charge in [0.1, 0.15) is 5.69 Å². The van der Waals surface area contributed by atoms with Gasteiger partial charge < -0.3 is 15.6 Å². The standard InChI is InChI=1S/C18H20N6O/c1-2-13-6-8-14(9-7-13)22-18(19)21-12-10-16-23-17(25-24-16)15-5-3-4-11-20-15/h3-9,11H,2,10,12H2,1H3,(H3,19,21,22). The number of aliphatic imine (C=N–C) groups is 1. The van der Waals surface area contributed by atoms with Crippen molar-refractivity contribution in [2.24, 2.45) is 10.7 Å². The van der Waals surface area contributed by atoms with E-state index in [1.54, 1.807) is 6.20 Å². The van der Waals surface area contributed by atoms with Crippen LogP contribution in [0.25, 0.3) is 11.6 Å². The second-order valence-corrected chi connectivity index (χ2v) is 5.42. The Morgan fingerprint density at radius 2 is 2.04 bits per heavy atom. The van der Waals surface area contributed by atoms with Gasteiger partial charge in [0.25, 0.3) is 5.89 Å². The predicted octanol–water partition coefficient (Wildman–Crippen LogP) is 2.66. The lowest BCUT2D eigenvalue weighted by atomic mass is 10.1. The molecule has 0 atom stereocenters. The monoisotopic (exact) mass is 336 g/mol. The Bertz CT molecular complexity index is 826. The predicted molar refractivity (Wildman–Crippen MR) is 97.2 cm³/mol. The summed E-state index contributed by atoms with van der Waals surface area (Å²) >= 11 is 0.